The summed E-state index contributed by atoms with van der Waals surface area (Å²) in [5.74, 6) is 0.117. The van der Waals surface area contributed by atoms with E-state index in [4.69, 9.17) is 5.73 Å². The number of carbonyl (C=O) groups is 1. The summed E-state index contributed by atoms with van der Waals surface area (Å²) in [4.78, 5) is 12.6. The molecule has 0 heterocycles. The molecule has 1 atom stereocenters. The molecule has 0 saturated heterocycles. The number of rotatable bonds is 5. The largest absolute Gasteiger partial charge is 0.349 e. The van der Waals surface area contributed by atoms with Crippen LogP contribution in [0.3, 0.4) is 0 Å². The predicted octanol–water partition coefficient (Wildman–Crippen LogP) is 2.95. The molecule has 3 heteroatoms. The van der Waals surface area contributed by atoms with Crippen LogP contribution in [0, 0.1) is 5.41 Å². The molecule has 3 N–H and O–H groups in total. The SMILES string of the molecule is CCC(CC)(CN)C(=O)NC1CCCc2ccccc21. The van der Waals surface area contributed by atoms with Crippen LogP contribution in [0.15, 0.2) is 24.3 Å². The summed E-state index contributed by atoms with van der Waals surface area (Å²) in [5, 5.41) is 3.25. The zero-order valence-corrected chi connectivity index (χ0v) is 12.6. The molecule has 1 aliphatic carbocycles. The number of nitrogens with one attached hydrogen (secondary N) is 1. The van der Waals surface area contributed by atoms with Crippen molar-refractivity contribution in [2.75, 3.05) is 6.54 Å². The summed E-state index contributed by atoms with van der Waals surface area (Å²) >= 11 is 0. The lowest BCUT2D eigenvalue weighted by molar-refractivity contribution is -0.132. The van der Waals surface area contributed by atoms with Gasteiger partial charge < -0.3 is 11.1 Å². The zero-order valence-electron chi connectivity index (χ0n) is 12.6. The van der Waals surface area contributed by atoms with Gasteiger partial charge in [-0.1, -0.05) is 38.1 Å². The summed E-state index contributed by atoms with van der Waals surface area (Å²) in [6.07, 6.45) is 4.86. The van der Waals surface area contributed by atoms with Crippen molar-refractivity contribution in [2.24, 2.45) is 11.1 Å². The van der Waals surface area contributed by atoms with E-state index in [2.05, 4.69) is 29.6 Å². The molecule has 0 aromatic heterocycles. The Morgan fingerprint density at radius 1 is 1.35 bits per heavy atom. The zero-order chi connectivity index (χ0) is 14.6. The molecule has 1 aromatic carbocycles. The molecule has 0 radical (unpaired) electrons. The summed E-state index contributed by atoms with van der Waals surface area (Å²) in [6.45, 7) is 4.51. The van der Waals surface area contributed by atoms with Gasteiger partial charge in [0.05, 0.1) is 11.5 Å². The molecular weight excluding hydrogens is 248 g/mol. The Bertz CT molecular complexity index is 458. The first-order valence-corrected chi connectivity index (χ1v) is 7.75. The highest BCUT2D eigenvalue weighted by Gasteiger charge is 2.35. The Morgan fingerprint density at radius 3 is 2.70 bits per heavy atom. The van der Waals surface area contributed by atoms with Crippen LogP contribution in [-0.4, -0.2) is 12.5 Å². The van der Waals surface area contributed by atoms with Crippen LogP contribution in [0.5, 0.6) is 0 Å². The average molecular weight is 274 g/mol. The van der Waals surface area contributed by atoms with Crippen molar-refractivity contribution in [1.29, 1.82) is 0 Å². The molecule has 110 valence electrons. The number of hydrogen-bond acceptors (Lipinski definition) is 2. The maximum Gasteiger partial charge on any atom is 0.227 e. The second-order valence-corrected chi connectivity index (χ2v) is 5.81. The first-order valence-electron chi connectivity index (χ1n) is 7.75. The van der Waals surface area contributed by atoms with E-state index in [1.54, 1.807) is 0 Å². The highest BCUT2D eigenvalue weighted by Crippen LogP contribution is 2.32. The molecular formula is C17H26N2O. The highest BCUT2D eigenvalue weighted by molar-refractivity contribution is 5.83. The fourth-order valence-electron chi connectivity index (χ4n) is 3.17. The van der Waals surface area contributed by atoms with E-state index < -0.39 is 5.41 Å². The number of benzene rings is 1. The van der Waals surface area contributed by atoms with Crippen molar-refractivity contribution in [3.8, 4) is 0 Å². The van der Waals surface area contributed by atoms with E-state index >= 15 is 0 Å². The Morgan fingerprint density at radius 2 is 2.05 bits per heavy atom. The number of aryl methyl sites for hydroxylation is 1. The Labute approximate surface area is 121 Å². The minimum Gasteiger partial charge on any atom is -0.349 e. The van der Waals surface area contributed by atoms with Gasteiger partial charge in [0.1, 0.15) is 0 Å². The van der Waals surface area contributed by atoms with E-state index in [0.717, 1.165) is 32.1 Å². The second kappa shape index (κ2) is 6.40. The maximum absolute atomic E-state index is 12.6. The van der Waals surface area contributed by atoms with Crippen molar-refractivity contribution in [3.63, 3.8) is 0 Å². The maximum atomic E-state index is 12.6. The van der Waals surface area contributed by atoms with E-state index in [-0.39, 0.29) is 11.9 Å². The van der Waals surface area contributed by atoms with Crippen molar-refractivity contribution in [1.82, 2.24) is 5.32 Å². The third-order valence-electron chi connectivity index (χ3n) is 4.90. The molecule has 1 aromatic rings. The van der Waals surface area contributed by atoms with Crippen LogP contribution in [0.2, 0.25) is 0 Å². The minimum atomic E-state index is -0.410. The van der Waals surface area contributed by atoms with Crippen molar-refractivity contribution < 1.29 is 4.79 Å². The lowest BCUT2D eigenvalue weighted by Crippen LogP contribution is -2.46. The van der Waals surface area contributed by atoms with Gasteiger partial charge in [0, 0.05) is 6.54 Å². The number of nitrogens with two attached hydrogens (primary N) is 1. The molecule has 1 aliphatic rings. The van der Waals surface area contributed by atoms with E-state index in [1.165, 1.54) is 11.1 Å². The van der Waals surface area contributed by atoms with Gasteiger partial charge in [-0.2, -0.15) is 0 Å². The number of amides is 1. The molecule has 20 heavy (non-hydrogen) atoms. The van der Waals surface area contributed by atoms with Crippen LogP contribution < -0.4 is 11.1 Å². The number of fused-ring (bicyclic) bond motifs is 1. The fourth-order valence-corrected chi connectivity index (χ4v) is 3.17. The third-order valence-corrected chi connectivity index (χ3v) is 4.90. The molecule has 1 unspecified atom stereocenters. The monoisotopic (exact) mass is 274 g/mol. The van der Waals surface area contributed by atoms with Crippen molar-refractivity contribution >= 4 is 5.91 Å². The van der Waals surface area contributed by atoms with Gasteiger partial charge in [-0.25, -0.2) is 0 Å². The van der Waals surface area contributed by atoms with Crippen LogP contribution in [0.25, 0.3) is 0 Å². The molecule has 0 spiro atoms. The van der Waals surface area contributed by atoms with E-state index in [0.29, 0.717) is 6.54 Å². The Hall–Kier alpha value is -1.35. The van der Waals surface area contributed by atoms with E-state index in [9.17, 15) is 4.79 Å². The van der Waals surface area contributed by atoms with Gasteiger partial charge in [-0.3, -0.25) is 4.79 Å². The molecule has 2 rings (SSSR count). The summed E-state index contributed by atoms with van der Waals surface area (Å²) in [5.41, 5.74) is 8.11. The summed E-state index contributed by atoms with van der Waals surface area (Å²) in [7, 11) is 0. The van der Waals surface area contributed by atoms with Crippen LogP contribution in [0.4, 0.5) is 0 Å². The van der Waals surface area contributed by atoms with Crippen LogP contribution in [-0.2, 0) is 11.2 Å². The fraction of sp³-hybridized carbons (Fsp3) is 0.588. The molecule has 0 aliphatic heterocycles. The van der Waals surface area contributed by atoms with Gasteiger partial charge in [0.2, 0.25) is 5.91 Å². The van der Waals surface area contributed by atoms with Gasteiger partial charge in [0.15, 0.2) is 0 Å². The molecule has 0 saturated carbocycles. The summed E-state index contributed by atoms with van der Waals surface area (Å²) in [6, 6.07) is 8.59. The van der Waals surface area contributed by atoms with Crippen LogP contribution >= 0.6 is 0 Å². The first kappa shape index (κ1) is 15.0. The lowest BCUT2D eigenvalue weighted by Gasteiger charge is -2.33. The highest BCUT2D eigenvalue weighted by atomic mass is 16.2. The van der Waals surface area contributed by atoms with Gasteiger partial charge in [-0.05, 0) is 43.2 Å². The number of carbonyl (C=O) groups excluding carboxylic acids is 1. The van der Waals surface area contributed by atoms with Crippen molar-refractivity contribution in [3.05, 3.63) is 35.4 Å². The quantitative estimate of drug-likeness (QED) is 0.867. The Kier molecular flexibility index (Phi) is 4.81. The lowest BCUT2D eigenvalue weighted by atomic mass is 9.80. The van der Waals surface area contributed by atoms with Gasteiger partial charge in [0.25, 0.3) is 0 Å². The van der Waals surface area contributed by atoms with Gasteiger partial charge >= 0.3 is 0 Å². The van der Waals surface area contributed by atoms with Crippen LogP contribution in [0.1, 0.15) is 56.7 Å². The number of hydrogen-bond donors (Lipinski definition) is 2. The minimum absolute atomic E-state index is 0.117. The van der Waals surface area contributed by atoms with Gasteiger partial charge in [-0.15, -0.1) is 0 Å². The third kappa shape index (κ3) is 2.73. The average Bonchev–Trinajstić information content (AvgIpc) is 2.50. The molecule has 0 fully saturated rings. The molecule has 1 amide bonds. The molecule has 0 bridgehead atoms. The first-order chi connectivity index (χ1) is 9.66. The normalized spacial score (nSPS) is 18.4. The molecule has 3 nitrogen and oxygen atoms in total. The summed E-state index contributed by atoms with van der Waals surface area (Å²) < 4.78 is 0. The smallest absolute Gasteiger partial charge is 0.227 e. The topological polar surface area (TPSA) is 55.1 Å². The van der Waals surface area contributed by atoms with E-state index in [1.807, 2.05) is 13.8 Å². The van der Waals surface area contributed by atoms with Crippen molar-refractivity contribution in [2.45, 2.75) is 52.0 Å². The Balaban J connectivity index is 2.17. The standard InChI is InChI=1S/C17H26N2O/c1-3-17(4-2,12-18)16(20)19-15-11-7-9-13-8-5-6-10-14(13)15/h5-6,8,10,15H,3-4,7,9,11-12,18H2,1-2H3,(H,19,20). The predicted molar refractivity (Wildman–Crippen MR) is 82.3 cm³/mol. The second-order valence-electron chi connectivity index (χ2n) is 5.81.